The van der Waals surface area contributed by atoms with E-state index in [4.69, 9.17) is 4.42 Å². The topological polar surface area (TPSA) is 16.4 Å². The summed E-state index contributed by atoms with van der Waals surface area (Å²) < 4.78 is 9.05. The molecule has 0 aliphatic heterocycles. The number of hydrogen-bond donors (Lipinski definition) is 0. The van der Waals surface area contributed by atoms with Gasteiger partial charge in [-0.1, -0.05) is 164 Å². The molecule has 0 saturated carbocycles. The summed E-state index contributed by atoms with van der Waals surface area (Å²) in [5.41, 5.74) is 14.3. The summed E-state index contributed by atoms with van der Waals surface area (Å²) in [7, 11) is 0. The van der Waals surface area contributed by atoms with Crippen LogP contribution < -0.4 is 4.90 Å². The number of para-hydroxylation sites is 3. The monoisotopic (exact) mass is 795 g/mol. The van der Waals surface area contributed by atoms with Gasteiger partial charge in [0.05, 0.1) is 11.4 Å². The number of thiophene rings is 1. The van der Waals surface area contributed by atoms with Crippen molar-refractivity contribution in [3.8, 4) is 44.5 Å². The van der Waals surface area contributed by atoms with Crippen LogP contribution in [0.1, 0.15) is 0 Å². The minimum Gasteiger partial charge on any atom is -0.456 e. The third-order valence-corrected chi connectivity index (χ3v) is 13.2. The highest BCUT2D eigenvalue weighted by Gasteiger charge is 2.22. The van der Waals surface area contributed by atoms with Crippen molar-refractivity contribution in [3.63, 3.8) is 0 Å². The molecule has 61 heavy (non-hydrogen) atoms. The zero-order valence-electron chi connectivity index (χ0n) is 33.1. The second kappa shape index (κ2) is 14.5. The first-order chi connectivity index (χ1) is 30.2. The van der Waals surface area contributed by atoms with Crippen molar-refractivity contribution in [2.24, 2.45) is 0 Å². The minimum atomic E-state index is 0.879. The summed E-state index contributed by atoms with van der Waals surface area (Å²) in [4.78, 5) is 2.43. The van der Waals surface area contributed by atoms with Gasteiger partial charge in [0.1, 0.15) is 11.2 Å². The largest absolute Gasteiger partial charge is 0.456 e. The van der Waals surface area contributed by atoms with E-state index in [1.165, 1.54) is 58.8 Å². The molecule has 0 spiro atoms. The molecule has 3 heteroatoms. The van der Waals surface area contributed by atoms with E-state index >= 15 is 0 Å². The number of hydrogen-bond acceptors (Lipinski definition) is 3. The Balaban J connectivity index is 1.03. The maximum absolute atomic E-state index is 6.43. The molecule has 0 fully saturated rings. The Labute approximate surface area is 357 Å². The molecule has 286 valence electrons. The van der Waals surface area contributed by atoms with Crippen molar-refractivity contribution in [2.45, 2.75) is 0 Å². The fourth-order valence-corrected chi connectivity index (χ4v) is 10.3. The van der Waals surface area contributed by atoms with E-state index < -0.39 is 0 Å². The molecule has 0 saturated heterocycles. The Kier molecular flexibility index (Phi) is 8.39. The van der Waals surface area contributed by atoms with Crippen molar-refractivity contribution < 1.29 is 4.42 Å². The molecular formula is C58H37NOS. The van der Waals surface area contributed by atoms with E-state index in [0.717, 1.165) is 55.7 Å². The molecule has 0 amide bonds. The van der Waals surface area contributed by atoms with Crippen LogP contribution >= 0.6 is 11.3 Å². The SMILES string of the molecule is c1ccc(-c2ccccc2N(c2ccc(-c3ccc4c(c3)sc3ccccc34)cc2)c2ccccc2-c2ccc3c(c2)oc2ccccc23)c(-c2ccc3ccccc3c2)c1. The summed E-state index contributed by atoms with van der Waals surface area (Å²) in [6.45, 7) is 0. The van der Waals surface area contributed by atoms with Crippen molar-refractivity contribution in [1.82, 2.24) is 0 Å². The van der Waals surface area contributed by atoms with Gasteiger partial charge in [-0.2, -0.15) is 0 Å². The molecule has 0 bridgehead atoms. The molecule has 12 aromatic rings. The Morgan fingerprint density at radius 2 is 0.869 bits per heavy atom. The summed E-state index contributed by atoms with van der Waals surface area (Å²) >= 11 is 1.86. The van der Waals surface area contributed by atoms with Crippen LogP contribution in [0.4, 0.5) is 17.1 Å². The lowest BCUT2D eigenvalue weighted by atomic mass is 9.91. The molecule has 2 aromatic heterocycles. The molecule has 10 aromatic carbocycles. The molecular weight excluding hydrogens is 759 g/mol. The predicted octanol–water partition coefficient (Wildman–Crippen LogP) is 17.2. The number of anilines is 3. The Morgan fingerprint density at radius 1 is 0.311 bits per heavy atom. The van der Waals surface area contributed by atoms with Crippen LogP contribution in [-0.2, 0) is 0 Å². The first-order valence-electron chi connectivity index (χ1n) is 20.7. The van der Waals surface area contributed by atoms with E-state index in [1.54, 1.807) is 0 Å². The molecule has 0 N–H and O–H groups in total. The van der Waals surface area contributed by atoms with E-state index in [2.05, 4.69) is 217 Å². The minimum absolute atomic E-state index is 0.879. The average molecular weight is 796 g/mol. The number of fused-ring (bicyclic) bond motifs is 7. The normalized spacial score (nSPS) is 11.6. The van der Waals surface area contributed by atoms with Gasteiger partial charge in [-0.15, -0.1) is 11.3 Å². The van der Waals surface area contributed by atoms with Crippen LogP contribution in [0.3, 0.4) is 0 Å². The van der Waals surface area contributed by atoms with Gasteiger partial charge >= 0.3 is 0 Å². The van der Waals surface area contributed by atoms with Gasteiger partial charge in [0, 0.05) is 47.8 Å². The number of furan rings is 1. The zero-order valence-corrected chi connectivity index (χ0v) is 33.9. The second-order valence-corrected chi connectivity index (χ2v) is 16.7. The van der Waals surface area contributed by atoms with Crippen molar-refractivity contribution in [3.05, 3.63) is 224 Å². The van der Waals surface area contributed by atoms with Crippen LogP contribution in [0.15, 0.2) is 229 Å². The zero-order chi connectivity index (χ0) is 40.3. The fraction of sp³-hybridized carbons (Fsp3) is 0. The quantitative estimate of drug-likeness (QED) is 0.160. The van der Waals surface area contributed by atoms with Crippen LogP contribution in [0.2, 0.25) is 0 Å². The molecule has 0 atom stereocenters. The molecule has 0 radical (unpaired) electrons. The Hall–Kier alpha value is -7.72. The summed E-state index contributed by atoms with van der Waals surface area (Å²) in [5, 5.41) is 7.34. The highest BCUT2D eigenvalue weighted by atomic mass is 32.1. The van der Waals surface area contributed by atoms with Crippen molar-refractivity contribution in [2.75, 3.05) is 4.90 Å². The third kappa shape index (κ3) is 6.09. The first kappa shape index (κ1) is 35.2. The van der Waals surface area contributed by atoms with Crippen LogP contribution in [0.25, 0.3) is 97.4 Å². The number of rotatable bonds is 7. The van der Waals surface area contributed by atoms with Gasteiger partial charge in [-0.05, 0) is 105 Å². The van der Waals surface area contributed by atoms with Crippen molar-refractivity contribution >= 4 is 81.3 Å². The van der Waals surface area contributed by atoms with E-state index in [9.17, 15) is 0 Å². The molecule has 0 aliphatic carbocycles. The third-order valence-electron chi connectivity index (χ3n) is 12.1. The molecule has 12 rings (SSSR count). The van der Waals surface area contributed by atoms with Crippen LogP contribution in [0.5, 0.6) is 0 Å². The lowest BCUT2D eigenvalue weighted by molar-refractivity contribution is 0.669. The molecule has 2 nitrogen and oxygen atoms in total. The highest BCUT2D eigenvalue weighted by Crippen LogP contribution is 2.47. The van der Waals surface area contributed by atoms with E-state index in [0.29, 0.717) is 0 Å². The maximum Gasteiger partial charge on any atom is 0.136 e. The highest BCUT2D eigenvalue weighted by molar-refractivity contribution is 7.25. The van der Waals surface area contributed by atoms with Gasteiger partial charge in [-0.25, -0.2) is 0 Å². The number of benzene rings is 10. The van der Waals surface area contributed by atoms with Crippen LogP contribution in [0, 0.1) is 0 Å². The standard InChI is InChI=1S/C58H37NOS/c1-2-14-40-35-42(26-25-38(40)13-1)45-15-3-4-17-47(45)48-18-6-10-22-54(48)59(44-31-27-39(28-32-44)41-29-34-52-51-20-8-12-24-57(51)61-58(52)37-41)53-21-9-5-16-46(53)43-30-33-50-49-19-7-11-23-55(49)60-56(50)36-43/h1-37H. The van der Waals surface area contributed by atoms with Gasteiger partial charge in [0.15, 0.2) is 0 Å². The Bertz CT molecular complexity index is 3610. The van der Waals surface area contributed by atoms with Gasteiger partial charge in [0.2, 0.25) is 0 Å². The van der Waals surface area contributed by atoms with E-state index in [-0.39, 0.29) is 0 Å². The lowest BCUT2D eigenvalue weighted by Crippen LogP contribution is -2.12. The van der Waals surface area contributed by atoms with Gasteiger partial charge < -0.3 is 9.32 Å². The smallest absolute Gasteiger partial charge is 0.136 e. The first-order valence-corrected chi connectivity index (χ1v) is 21.6. The Morgan fingerprint density at radius 3 is 1.72 bits per heavy atom. The van der Waals surface area contributed by atoms with Crippen molar-refractivity contribution in [1.29, 1.82) is 0 Å². The molecule has 0 unspecified atom stereocenters. The predicted molar refractivity (Wildman–Crippen MR) is 261 cm³/mol. The summed E-state index contributed by atoms with van der Waals surface area (Å²) in [5.74, 6) is 0. The molecule has 0 aliphatic rings. The molecule has 2 heterocycles. The van der Waals surface area contributed by atoms with Crippen LogP contribution in [-0.4, -0.2) is 0 Å². The maximum atomic E-state index is 6.43. The lowest BCUT2D eigenvalue weighted by Gasteiger charge is -2.30. The second-order valence-electron chi connectivity index (χ2n) is 15.6. The fourth-order valence-electron chi connectivity index (χ4n) is 9.15. The summed E-state index contributed by atoms with van der Waals surface area (Å²) in [6.07, 6.45) is 0. The number of nitrogens with zero attached hydrogens (tertiary/aromatic N) is 1. The van der Waals surface area contributed by atoms with Gasteiger partial charge in [-0.3, -0.25) is 0 Å². The van der Waals surface area contributed by atoms with Gasteiger partial charge in [0.25, 0.3) is 0 Å². The average Bonchev–Trinajstić information content (AvgIpc) is 3.90. The summed E-state index contributed by atoms with van der Waals surface area (Å²) in [6, 6.07) is 81.3. The van der Waals surface area contributed by atoms with E-state index in [1.807, 2.05) is 23.5 Å².